The molecule has 0 amide bonds. The van der Waals surface area contributed by atoms with Crippen LogP contribution in [0.4, 0.5) is 11.8 Å². The van der Waals surface area contributed by atoms with Gasteiger partial charge in [-0.05, 0) is 25.8 Å². The third kappa shape index (κ3) is 4.95. The van der Waals surface area contributed by atoms with Gasteiger partial charge in [0.1, 0.15) is 6.10 Å². The summed E-state index contributed by atoms with van der Waals surface area (Å²) in [6.45, 7) is 8.12. The topological polar surface area (TPSA) is 174 Å². The van der Waals surface area contributed by atoms with Crippen molar-refractivity contribution in [3.63, 3.8) is 0 Å². The number of nitrogens with zero attached hydrogens (tertiary/aromatic N) is 6. The number of ether oxygens (including phenoxy) is 2. The monoisotopic (exact) mass is 515 g/mol. The zero-order valence-corrected chi connectivity index (χ0v) is 21.1. The summed E-state index contributed by atoms with van der Waals surface area (Å²) in [5, 5.41) is 25.3. The van der Waals surface area contributed by atoms with Gasteiger partial charge in [0.05, 0.1) is 6.33 Å². The molecule has 0 saturated carbocycles. The van der Waals surface area contributed by atoms with E-state index in [9.17, 15) is 9.90 Å². The molecule has 0 radical (unpaired) electrons. The predicted octanol–water partition coefficient (Wildman–Crippen LogP) is 1.32. The smallest absolute Gasteiger partial charge is 0.293 e. The van der Waals surface area contributed by atoms with Gasteiger partial charge < -0.3 is 35.1 Å². The van der Waals surface area contributed by atoms with Crippen LogP contribution in [0.3, 0.4) is 0 Å². The lowest BCUT2D eigenvalue weighted by Gasteiger charge is -2.19. The Morgan fingerprint density at radius 3 is 2.81 bits per heavy atom. The third-order valence-electron chi connectivity index (χ3n) is 6.88. The summed E-state index contributed by atoms with van der Waals surface area (Å²) in [6, 6.07) is 0.404. The van der Waals surface area contributed by atoms with Crippen LogP contribution in [0, 0.1) is 0 Å². The molecule has 37 heavy (non-hydrogen) atoms. The van der Waals surface area contributed by atoms with Gasteiger partial charge in [0.25, 0.3) is 12.4 Å². The van der Waals surface area contributed by atoms with Crippen molar-refractivity contribution < 1.29 is 23.9 Å². The van der Waals surface area contributed by atoms with E-state index in [2.05, 4.69) is 44.9 Å². The highest BCUT2D eigenvalue weighted by Gasteiger charge is 2.50. The number of aliphatic hydroxyl groups is 1. The highest BCUT2D eigenvalue weighted by Crippen LogP contribution is 2.41. The molecule has 200 valence electrons. The summed E-state index contributed by atoms with van der Waals surface area (Å²) >= 11 is 0. The van der Waals surface area contributed by atoms with Gasteiger partial charge in [-0.3, -0.25) is 9.36 Å². The molecule has 14 nitrogen and oxygen atoms in total. The van der Waals surface area contributed by atoms with Gasteiger partial charge >= 0.3 is 0 Å². The van der Waals surface area contributed by atoms with Crippen LogP contribution in [-0.2, 0) is 20.7 Å². The van der Waals surface area contributed by atoms with Gasteiger partial charge in [-0.15, -0.1) is 0 Å². The van der Waals surface area contributed by atoms with E-state index in [0.29, 0.717) is 35.2 Å². The minimum Gasteiger partial charge on any atom is -0.458 e. The zero-order chi connectivity index (χ0) is 25.9. The number of carbonyl (C=O) groups excluding carboxylic acids is 1. The molecule has 5 atom stereocenters. The van der Waals surface area contributed by atoms with Gasteiger partial charge in [-0.2, -0.15) is 15.0 Å². The number of aliphatic hydroxyl groups excluding tert-OH is 1. The Balaban J connectivity index is 1.53. The maximum absolute atomic E-state index is 11.2. The van der Waals surface area contributed by atoms with Crippen LogP contribution < -0.4 is 16.0 Å². The van der Waals surface area contributed by atoms with Crippen molar-refractivity contribution in [2.24, 2.45) is 0 Å². The molecule has 5 heterocycles. The zero-order valence-electron chi connectivity index (χ0n) is 21.1. The molecule has 2 fully saturated rings. The fourth-order valence-corrected chi connectivity index (χ4v) is 4.74. The Bertz CT molecular complexity index is 1210. The quantitative estimate of drug-likeness (QED) is 0.269. The number of hydrogen-bond acceptors (Lipinski definition) is 13. The van der Waals surface area contributed by atoms with Crippen molar-refractivity contribution in [1.82, 2.24) is 35.0 Å². The summed E-state index contributed by atoms with van der Waals surface area (Å²) < 4.78 is 18.3. The molecule has 2 aliphatic heterocycles. The van der Waals surface area contributed by atoms with Crippen LogP contribution >= 0.6 is 0 Å². The van der Waals surface area contributed by atoms with Crippen molar-refractivity contribution in [3.8, 4) is 0 Å². The Hall–Kier alpha value is -3.36. The van der Waals surface area contributed by atoms with E-state index in [-0.39, 0.29) is 24.4 Å². The molecule has 0 aromatic carbocycles. The second-order valence-corrected chi connectivity index (χ2v) is 9.25. The van der Waals surface area contributed by atoms with Crippen LogP contribution in [0.15, 0.2) is 10.9 Å². The molecule has 0 bridgehead atoms. The lowest BCUT2D eigenvalue weighted by Crippen LogP contribution is -2.31. The Labute approximate surface area is 213 Å². The third-order valence-corrected chi connectivity index (χ3v) is 6.88. The molecular weight excluding hydrogens is 482 g/mol. The van der Waals surface area contributed by atoms with Crippen LogP contribution in [-0.4, -0.2) is 78.6 Å². The lowest BCUT2D eigenvalue weighted by molar-refractivity contribution is -0.140. The first-order valence-corrected chi connectivity index (χ1v) is 12.8. The SMILES string of the molecule is CCc1noc([C@H]2O[C@@H](n3cnc4c(NC(CC)CC)nc(N[C@@H]5CCNC5)nc43)[C@H](O)[C@@H]2OC=O)n1. The van der Waals surface area contributed by atoms with E-state index in [1.54, 1.807) is 4.57 Å². The molecule has 14 heteroatoms. The summed E-state index contributed by atoms with van der Waals surface area (Å²) in [6.07, 6.45) is 0.645. The number of carbonyl (C=O) groups is 1. The largest absolute Gasteiger partial charge is 0.458 e. The second kappa shape index (κ2) is 10.9. The fourth-order valence-electron chi connectivity index (χ4n) is 4.74. The maximum atomic E-state index is 11.2. The second-order valence-electron chi connectivity index (χ2n) is 9.25. The normalized spacial score (nSPS) is 25.7. The Morgan fingerprint density at radius 1 is 1.30 bits per heavy atom. The molecule has 4 N–H and O–H groups in total. The van der Waals surface area contributed by atoms with E-state index in [0.717, 1.165) is 32.4 Å². The molecule has 0 aliphatic carbocycles. The van der Waals surface area contributed by atoms with Crippen LogP contribution in [0.1, 0.15) is 64.1 Å². The van der Waals surface area contributed by atoms with Crippen LogP contribution in [0.2, 0.25) is 0 Å². The van der Waals surface area contributed by atoms with E-state index in [1.807, 2.05) is 6.92 Å². The highest BCUT2D eigenvalue weighted by atomic mass is 16.6. The maximum Gasteiger partial charge on any atom is 0.293 e. The van der Waals surface area contributed by atoms with Crippen molar-refractivity contribution >= 4 is 29.4 Å². The van der Waals surface area contributed by atoms with Crippen molar-refractivity contribution in [1.29, 1.82) is 0 Å². The minimum absolute atomic E-state index is 0.122. The van der Waals surface area contributed by atoms with Gasteiger partial charge in [-0.25, -0.2) is 4.98 Å². The van der Waals surface area contributed by atoms with Gasteiger partial charge in [0.2, 0.25) is 5.95 Å². The van der Waals surface area contributed by atoms with Crippen molar-refractivity contribution in [3.05, 3.63) is 18.0 Å². The molecule has 2 aliphatic rings. The number of anilines is 2. The van der Waals surface area contributed by atoms with Crippen LogP contribution in [0.5, 0.6) is 0 Å². The summed E-state index contributed by atoms with van der Waals surface area (Å²) in [4.78, 5) is 29.6. The summed E-state index contributed by atoms with van der Waals surface area (Å²) in [5.74, 6) is 1.65. The number of rotatable bonds is 11. The number of aromatic nitrogens is 6. The van der Waals surface area contributed by atoms with Gasteiger partial charge in [0.15, 0.2) is 41.2 Å². The summed E-state index contributed by atoms with van der Waals surface area (Å²) in [7, 11) is 0. The highest BCUT2D eigenvalue weighted by molar-refractivity contribution is 5.84. The minimum atomic E-state index is -1.24. The number of fused-ring (bicyclic) bond motifs is 1. The van der Waals surface area contributed by atoms with Crippen molar-refractivity contribution in [2.75, 3.05) is 23.7 Å². The fraction of sp³-hybridized carbons (Fsp3) is 0.652. The Morgan fingerprint density at radius 2 is 2.14 bits per heavy atom. The molecular formula is C23H33N9O5. The van der Waals surface area contributed by atoms with E-state index in [1.165, 1.54) is 6.33 Å². The summed E-state index contributed by atoms with van der Waals surface area (Å²) in [5.41, 5.74) is 1.01. The standard InChI is InChI=1S/C23H33N9O5/c1-4-12(5-2)26-19-15-20(30-23(29-19)27-13-7-8-24-9-13)32(10-25-15)22-16(34)17(35-11-33)18(36-22)21-28-14(6-3)31-37-21/h10-13,16-18,22,24,34H,4-9H2,1-3H3,(H2,26,27,29,30)/t13-,16-,17+,18+,22-/m1/s1. The molecule has 2 saturated heterocycles. The average molecular weight is 516 g/mol. The number of hydrogen-bond donors (Lipinski definition) is 4. The first-order chi connectivity index (χ1) is 18.1. The van der Waals surface area contributed by atoms with E-state index < -0.39 is 24.5 Å². The van der Waals surface area contributed by atoms with E-state index in [4.69, 9.17) is 24.0 Å². The number of nitrogens with one attached hydrogen (secondary N) is 3. The first kappa shape index (κ1) is 25.3. The lowest BCUT2D eigenvalue weighted by atomic mass is 10.1. The molecule has 0 spiro atoms. The average Bonchev–Trinajstić information content (AvgIpc) is 3.71. The molecule has 3 aromatic heterocycles. The van der Waals surface area contributed by atoms with E-state index >= 15 is 0 Å². The molecule has 5 rings (SSSR count). The Kier molecular flexibility index (Phi) is 7.48. The van der Waals surface area contributed by atoms with Crippen LogP contribution in [0.25, 0.3) is 11.2 Å². The predicted molar refractivity (Wildman–Crippen MR) is 132 cm³/mol. The molecule has 0 unspecified atom stereocenters. The van der Waals surface area contributed by atoms with Crippen molar-refractivity contribution in [2.45, 2.75) is 83.1 Å². The number of aryl methyl sites for hydroxylation is 1. The van der Waals surface area contributed by atoms with Gasteiger partial charge in [0, 0.05) is 25.0 Å². The molecule has 3 aromatic rings. The van der Waals surface area contributed by atoms with Gasteiger partial charge in [-0.1, -0.05) is 25.9 Å². The first-order valence-electron chi connectivity index (χ1n) is 12.8. The number of imidazole rings is 1.